The van der Waals surface area contributed by atoms with Crippen molar-refractivity contribution < 1.29 is 18.0 Å². The highest BCUT2D eigenvalue weighted by molar-refractivity contribution is 8.08. The molecular weight excluding hydrogens is 278 g/mol. The van der Waals surface area contributed by atoms with Gasteiger partial charge in [-0.3, -0.25) is 4.79 Å². The number of benzene rings is 1. The van der Waals surface area contributed by atoms with Crippen molar-refractivity contribution in [3.8, 4) is 0 Å². The molecule has 6 nitrogen and oxygen atoms in total. The van der Waals surface area contributed by atoms with E-state index in [9.17, 15) is 13.2 Å². The third-order valence-electron chi connectivity index (χ3n) is 2.69. The van der Waals surface area contributed by atoms with Crippen LogP contribution in [0.15, 0.2) is 29.2 Å². The lowest BCUT2D eigenvalue weighted by atomic mass is 9.91. The fourth-order valence-corrected chi connectivity index (χ4v) is 2.83. The number of carbonyl (C=O) groups excluding carboxylic acids is 1. The lowest BCUT2D eigenvalue weighted by Gasteiger charge is -2.12. The molecule has 1 aromatic rings. The van der Waals surface area contributed by atoms with E-state index in [1.807, 2.05) is 0 Å². The molecule has 0 aliphatic heterocycles. The molecule has 0 atom stereocenters. The van der Waals surface area contributed by atoms with Crippen molar-refractivity contribution in [3.05, 3.63) is 35.4 Å². The fraction of sp³-hybridized carbons (Fsp3) is 0.385. The van der Waals surface area contributed by atoms with Gasteiger partial charge in [-0.15, -0.1) is 4.79 Å². The van der Waals surface area contributed by atoms with Crippen LogP contribution in [0.3, 0.4) is 0 Å². The Labute approximate surface area is 118 Å². The zero-order valence-electron chi connectivity index (χ0n) is 11.6. The number of Topliss-reactive ketones (excluding diaryl/α,β-unsaturated/α-hetero) is 1. The highest BCUT2D eigenvalue weighted by atomic mass is 32.2. The maximum Gasteiger partial charge on any atom is 0.452 e. The summed E-state index contributed by atoms with van der Waals surface area (Å²) in [7, 11) is -4.15. The van der Waals surface area contributed by atoms with Gasteiger partial charge < -0.3 is 11.3 Å². The first-order valence-electron chi connectivity index (χ1n) is 5.95. The van der Waals surface area contributed by atoms with E-state index in [1.165, 1.54) is 12.1 Å². The molecule has 0 unspecified atom stereocenters. The second kappa shape index (κ2) is 5.66. The Balaban J connectivity index is 3.34. The van der Waals surface area contributed by atoms with Crippen LogP contribution >= 0.6 is 0 Å². The Morgan fingerprint density at radius 2 is 1.75 bits per heavy atom. The van der Waals surface area contributed by atoms with Crippen LogP contribution in [0.5, 0.6) is 0 Å². The zero-order chi connectivity index (χ0) is 15.6. The number of nitrogens with two attached hydrogens (primary N) is 1. The largest absolute Gasteiger partial charge is 0.452 e. The van der Waals surface area contributed by atoms with Crippen molar-refractivity contribution in [1.29, 1.82) is 0 Å². The van der Waals surface area contributed by atoms with E-state index in [1.54, 1.807) is 32.9 Å². The second-order valence-electron chi connectivity index (χ2n) is 5.34. The molecule has 7 heteroatoms. The number of hydrogen-bond acceptors (Lipinski definition) is 4. The normalized spacial score (nSPS) is 11.8. The van der Waals surface area contributed by atoms with Crippen LogP contribution < -0.4 is 5.73 Å². The highest BCUT2D eigenvalue weighted by Crippen LogP contribution is 2.20. The first-order valence-corrected chi connectivity index (χ1v) is 7.44. The number of carbonyl (C=O) groups is 1. The van der Waals surface area contributed by atoms with Crippen molar-refractivity contribution in [3.63, 3.8) is 0 Å². The number of sulfone groups is 1. The molecule has 0 bridgehead atoms. The van der Waals surface area contributed by atoms with Crippen molar-refractivity contribution in [2.45, 2.75) is 32.2 Å². The van der Waals surface area contributed by atoms with Gasteiger partial charge in [-0.1, -0.05) is 32.9 Å². The number of nitrogens with zero attached hydrogens (tertiary/aromatic N) is 2. The molecule has 0 radical (unpaired) electrons. The summed E-state index contributed by atoms with van der Waals surface area (Å²) in [6.45, 7) is 4.93. The van der Waals surface area contributed by atoms with Crippen molar-refractivity contribution >= 4 is 20.7 Å². The smallest absolute Gasteiger partial charge is 0.360 e. The molecule has 0 saturated heterocycles. The Hall–Kier alpha value is -1.82. The summed E-state index contributed by atoms with van der Waals surface area (Å²) in [5.41, 5.74) is 14.1. The second-order valence-corrected chi connectivity index (χ2v) is 7.20. The van der Waals surface area contributed by atoms with Gasteiger partial charge >= 0.3 is 5.04 Å². The number of hydrogen-bond donors (Lipinski definition) is 1. The molecule has 0 heterocycles. The van der Waals surface area contributed by atoms with E-state index >= 15 is 0 Å². The van der Waals surface area contributed by atoms with Crippen LogP contribution in [0.25, 0.3) is 5.53 Å². The molecule has 1 rings (SSSR count). The van der Waals surface area contributed by atoms with Crippen LogP contribution in [0.4, 0.5) is 0 Å². The molecule has 108 valence electrons. The van der Waals surface area contributed by atoms with Gasteiger partial charge in [0.15, 0.2) is 0 Å². The van der Waals surface area contributed by atoms with Crippen molar-refractivity contribution in [1.82, 2.24) is 0 Å². The lowest BCUT2D eigenvalue weighted by Crippen LogP contribution is -2.34. The van der Waals surface area contributed by atoms with E-state index in [0.717, 1.165) is 5.56 Å². The average Bonchev–Trinajstić information content (AvgIpc) is 2.38. The Bertz CT molecular complexity index is 664. The number of ketones is 1. The van der Waals surface area contributed by atoms with E-state index < -0.39 is 26.1 Å². The first kappa shape index (κ1) is 16.2. The molecule has 0 aliphatic rings. The quantitative estimate of drug-likeness (QED) is 0.390. The van der Waals surface area contributed by atoms with Crippen LogP contribution in [0, 0.1) is 5.41 Å². The predicted molar refractivity (Wildman–Crippen MR) is 74.6 cm³/mol. The Morgan fingerprint density at radius 3 is 2.10 bits per heavy atom. The maximum absolute atomic E-state index is 12.3. The van der Waals surface area contributed by atoms with Gasteiger partial charge in [-0.05, 0) is 17.7 Å². The summed E-state index contributed by atoms with van der Waals surface area (Å²) < 4.78 is 24.6. The SMILES string of the molecule is CC(C)(C)C(=O)C(=[N+]=[N-])S(=O)(=O)c1ccc(CN)cc1. The van der Waals surface area contributed by atoms with Crippen molar-refractivity contribution in [2.75, 3.05) is 0 Å². The monoisotopic (exact) mass is 295 g/mol. The molecule has 0 aromatic heterocycles. The van der Waals surface area contributed by atoms with Gasteiger partial charge in [0.1, 0.15) is 0 Å². The predicted octanol–water partition coefficient (Wildman–Crippen LogP) is 1.16. The van der Waals surface area contributed by atoms with Crippen LogP contribution in [0.2, 0.25) is 0 Å². The molecule has 0 amide bonds. The summed E-state index contributed by atoms with van der Waals surface area (Å²) in [6, 6.07) is 5.75. The third-order valence-corrected chi connectivity index (χ3v) is 4.36. The highest BCUT2D eigenvalue weighted by Gasteiger charge is 2.43. The van der Waals surface area contributed by atoms with Crippen LogP contribution in [-0.2, 0) is 21.2 Å². The van der Waals surface area contributed by atoms with Gasteiger partial charge in [-0.25, -0.2) is 8.42 Å². The molecule has 0 saturated carbocycles. The molecule has 2 N–H and O–H groups in total. The summed E-state index contributed by atoms with van der Waals surface area (Å²) >= 11 is 0. The Kier molecular flexibility index (Phi) is 4.60. The molecule has 0 aliphatic carbocycles. The molecule has 1 aromatic carbocycles. The van der Waals surface area contributed by atoms with Gasteiger partial charge in [0.25, 0.3) is 15.6 Å². The minimum absolute atomic E-state index is 0.111. The maximum atomic E-state index is 12.3. The van der Waals surface area contributed by atoms with E-state index in [0.29, 0.717) is 0 Å². The molecule has 0 fully saturated rings. The van der Waals surface area contributed by atoms with Gasteiger partial charge in [-0.2, -0.15) is 0 Å². The Morgan fingerprint density at radius 1 is 1.25 bits per heavy atom. The molecule has 0 spiro atoms. The topological polar surface area (TPSA) is 114 Å². The summed E-state index contributed by atoms with van der Waals surface area (Å²) in [5, 5.41) is -0.856. The van der Waals surface area contributed by atoms with Gasteiger partial charge in [0.05, 0.1) is 4.90 Å². The standard InChI is InChI=1S/C13H17N3O3S/c1-13(2,3)11(17)12(16-15)20(18,19)10-6-4-9(8-14)5-7-10/h4-7H,8,14H2,1-3H3. The first-order chi connectivity index (χ1) is 9.14. The van der Waals surface area contributed by atoms with E-state index in [4.69, 9.17) is 11.3 Å². The minimum atomic E-state index is -4.15. The van der Waals surface area contributed by atoms with Crippen molar-refractivity contribution in [2.24, 2.45) is 11.1 Å². The average molecular weight is 295 g/mol. The van der Waals surface area contributed by atoms with Gasteiger partial charge in [0, 0.05) is 12.0 Å². The minimum Gasteiger partial charge on any atom is -0.360 e. The third kappa shape index (κ3) is 3.19. The summed E-state index contributed by atoms with van der Waals surface area (Å²) in [4.78, 5) is 14.6. The fourth-order valence-electron chi connectivity index (χ4n) is 1.46. The van der Waals surface area contributed by atoms with E-state index in [2.05, 4.69) is 4.79 Å². The summed E-state index contributed by atoms with van der Waals surface area (Å²) in [6.07, 6.45) is 0. The lowest BCUT2D eigenvalue weighted by molar-refractivity contribution is -0.123. The van der Waals surface area contributed by atoms with Gasteiger partial charge in [0.2, 0.25) is 0 Å². The van der Waals surface area contributed by atoms with Crippen LogP contribution in [-0.4, -0.2) is 24.0 Å². The van der Waals surface area contributed by atoms with Crippen LogP contribution in [0.1, 0.15) is 26.3 Å². The number of rotatable bonds is 3. The molecule has 20 heavy (non-hydrogen) atoms. The zero-order valence-corrected chi connectivity index (χ0v) is 12.4. The summed E-state index contributed by atoms with van der Waals surface area (Å²) in [5.74, 6) is -0.747. The molecular formula is C13H17N3O3S. The van der Waals surface area contributed by atoms with E-state index in [-0.39, 0.29) is 11.4 Å².